The van der Waals surface area contributed by atoms with Crippen molar-refractivity contribution in [1.82, 2.24) is 10.2 Å². The summed E-state index contributed by atoms with van der Waals surface area (Å²) in [7, 11) is 2.28. The lowest BCUT2D eigenvalue weighted by molar-refractivity contribution is 0.0808. The van der Waals surface area contributed by atoms with Gasteiger partial charge in [0.2, 0.25) is 0 Å². The zero-order valence-corrected chi connectivity index (χ0v) is 11.9. The molecule has 0 aromatic carbocycles. The topological polar surface area (TPSA) is 24.5 Å². The Labute approximate surface area is 111 Å². The fourth-order valence-electron chi connectivity index (χ4n) is 4.35. The van der Waals surface area contributed by atoms with Gasteiger partial charge in [0.15, 0.2) is 0 Å². The highest BCUT2D eigenvalue weighted by molar-refractivity contribution is 4.95. The summed E-state index contributed by atoms with van der Waals surface area (Å²) in [6, 6.07) is 2.18. The summed E-state index contributed by atoms with van der Waals surface area (Å²) in [5.41, 5.74) is 0. The van der Waals surface area contributed by atoms with Crippen LogP contribution in [0.4, 0.5) is 0 Å². The average molecular weight is 252 g/mol. The Balaban J connectivity index is 1.51. The van der Waals surface area contributed by atoms with Gasteiger partial charge in [0.1, 0.15) is 0 Å². The molecule has 5 atom stereocenters. The van der Waals surface area contributed by atoms with E-state index >= 15 is 0 Å². The molecule has 5 unspecified atom stereocenters. The van der Waals surface area contributed by atoms with Crippen LogP contribution >= 0.6 is 0 Å². The van der Waals surface area contributed by atoms with Crippen LogP contribution in [0.5, 0.6) is 0 Å². The molecule has 3 rings (SSSR count). The highest BCUT2D eigenvalue weighted by Gasteiger charge is 2.37. The van der Waals surface area contributed by atoms with Gasteiger partial charge < -0.3 is 10.1 Å². The number of rotatable bonds is 3. The molecule has 2 aliphatic heterocycles. The van der Waals surface area contributed by atoms with Crippen molar-refractivity contribution < 1.29 is 4.74 Å². The maximum absolute atomic E-state index is 5.68. The van der Waals surface area contributed by atoms with Gasteiger partial charge in [-0.3, -0.25) is 4.90 Å². The van der Waals surface area contributed by atoms with Gasteiger partial charge in [-0.2, -0.15) is 0 Å². The first-order valence-electron chi connectivity index (χ1n) is 7.82. The molecule has 3 heteroatoms. The molecular weight excluding hydrogens is 224 g/mol. The smallest absolute Gasteiger partial charge is 0.0702 e. The standard InChI is InChI=1S/C15H28N2O/c1-11-15(7-8-18-11)17(2)10-13-9-12-5-3-4-6-14(12)16-13/h11-16H,3-10H2,1-2H3. The summed E-state index contributed by atoms with van der Waals surface area (Å²) >= 11 is 0. The zero-order valence-electron chi connectivity index (χ0n) is 11.9. The van der Waals surface area contributed by atoms with Crippen LogP contribution < -0.4 is 5.32 Å². The van der Waals surface area contributed by atoms with Crippen molar-refractivity contribution in [2.45, 2.75) is 69.7 Å². The van der Waals surface area contributed by atoms with Gasteiger partial charge in [-0.15, -0.1) is 0 Å². The van der Waals surface area contributed by atoms with Crippen LogP contribution in [0.2, 0.25) is 0 Å². The first kappa shape index (κ1) is 12.9. The lowest BCUT2D eigenvalue weighted by Gasteiger charge is -2.29. The predicted molar refractivity (Wildman–Crippen MR) is 73.7 cm³/mol. The maximum atomic E-state index is 5.68. The van der Waals surface area contributed by atoms with Crippen LogP contribution in [0.15, 0.2) is 0 Å². The molecular formula is C15H28N2O. The molecule has 1 N–H and O–H groups in total. The Hall–Kier alpha value is -0.120. The predicted octanol–water partition coefficient (Wildman–Crippen LogP) is 2.02. The van der Waals surface area contributed by atoms with E-state index in [1.54, 1.807) is 0 Å². The molecule has 3 fully saturated rings. The first-order valence-corrected chi connectivity index (χ1v) is 7.82. The zero-order chi connectivity index (χ0) is 12.5. The number of hydrogen-bond acceptors (Lipinski definition) is 3. The van der Waals surface area contributed by atoms with E-state index in [0.29, 0.717) is 12.1 Å². The molecule has 1 aliphatic carbocycles. The molecule has 0 radical (unpaired) electrons. The highest BCUT2D eigenvalue weighted by atomic mass is 16.5. The summed E-state index contributed by atoms with van der Waals surface area (Å²) in [6.45, 7) is 4.36. The van der Waals surface area contributed by atoms with E-state index < -0.39 is 0 Å². The van der Waals surface area contributed by atoms with E-state index in [-0.39, 0.29) is 0 Å². The molecule has 0 amide bonds. The van der Waals surface area contributed by atoms with E-state index in [1.165, 1.54) is 45.1 Å². The molecule has 2 heterocycles. The number of likely N-dealkylation sites (N-methyl/N-ethyl adjacent to an activating group) is 1. The molecule has 0 spiro atoms. The minimum Gasteiger partial charge on any atom is -0.377 e. The van der Waals surface area contributed by atoms with Crippen LogP contribution in [0.1, 0.15) is 45.4 Å². The summed E-state index contributed by atoms with van der Waals surface area (Å²) < 4.78 is 5.68. The number of nitrogens with zero attached hydrogens (tertiary/aromatic N) is 1. The number of hydrogen-bond donors (Lipinski definition) is 1. The van der Waals surface area contributed by atoms with Crippen molar-refractivity contribution in [1.29, 1.82) is 0 Å². The van der Waals surface area contributed by atoms with Gasteiger partial charge in [-0.1, -0.05) is 12.8 Å². The third-order valence-electron chi connectivity index (χ3n) is 5.36. The van der Waals surface area contributed by atoms with Crippen LogP contribution in [0.25, 0.3) is 0 Å². The molecule has 0 aromatic rings. The normalized spacial score (nSPS) is 44.5. The van der Waals surface area contributed by atoms with Crippen molar-refractivity contribution in [3.05, 3.63) is 0 Å². The summed E-state index contributed by atoms with van der Waals surface area (Å²) in [5.74, 6) is 0.967. The molecule has 18 heavy (non-hydrogen) atoms. The van der Waals surface area contributed by atoms with Gasteiger partial charge in [0, 0.05) is 31.3 Å². The highest BCUT2D eigenvalue weighted by Crippen LogP contribution is 2.33. The summed E-state index contributed by atoms with van der Waals surface area (Å²) in [5, 5.41) is 3.88. The van der Waals surface area contributed by atoms with E-state index in [1.807, 2.05) is 0 Å². The third-order valence-corrected chi connectivity index (χ3v) is 5.36. The van der Waals surface area contributed by atoms with Gasteiger partial charge in [0.05, 0.1) is 6.10 Å². The lowest BCUT2D eigenvalue weighted by atomic mass is 9.85. The van der Waals surface area contributed by atoms with E-state index in [0.717, 1.165) is 24.6 Å². The minimum absolute atomic E-state index is 0.415. The lowest BCUT2D eigenvalue weighted by Crippen LogP contribution is -2.45. The molecule has 3 aliphatic rings. The van der Waals surface area contributed by atoms with Gasteiger partial charge >= 0.3 is 0 Å². The Bertz CT molecular complexity index is 270. The second-order valence-electron chi connectivity index (χ2n) is 6.62. The minimum atomic E-state index is 0.415. The average Bonchev–Trinajstić information content (AvgIpc) is 2.94. The van der Waals surface area contributed by atoms with Crippen molar-refractivity contribution in [2.75, 3.05) is 20.2 Å². The largest absolute Gasteiger partial charge is 0.377 e. The van der Waals surface area contributed by atoms with E-state index in [2.05, 4.69) is 24.2 Å². The first-order chi connectivity index (χ1) is 8.74. The van der Waals surface area contributed by atoms with Crippen molar-refractivity contribution in [2.24, 2.45) is 5.92 Å². The van der Waals surface area contributed by atoms with Crippen LogP contribution in [-0.4, -0.2) is 49.3 Å². The van der Waals surface area contributed by atoms with Gasteiger partial charge in [-0.05, 0) is 45.6 Å². The fourth-order valence-corrected chi connectivity index (χ4v) is 4.35. The monoisotopic (exact) mass is 252 g/mol. The van der Waals surface area contributed by atoms with Crippen LogP contribution in [0, 0.1) is 5.92 Å². The molecule has 0 aromatic heterocycles. The van der Waals surface area contributed by atoms with Crippen LogP contribution in [-0.2, 0) is 4.74 Å². The number of fused-ring (bicyclic) bond motifs is 1. The van der Waals surface area contributed by atoms with Crippen molar-refractivity contribution in [3.8, 4) is 0 Å². The molecule has 0 bridgehead atoms. The molecule has 2 saturated heterocycles. The second kappa shape index (κ2) is 5.48. The Morgan fingerprint density at radius 2 is 2.06 bits per heavy atom. The van der Waals surface area contributed by atoms with Crippen molar-refractivity contribution >= 4 is 0 Å². The Kier molecular flexibility index (Phi) is 3.92. The quantitative estimate of drug-likeness (QED) is 0.831. The molecule has 104 valence electrons. The summed E-state index contributed by atoms with van der Waals surface area (Å²) in [4.78, 5) is 2.53. The van der Waals surface area contributed by atoms with Gasteiger partial charge in [-0.25, -0.2) is 0 Å². The Morgan fingerprint density at radius 1 is 1.22 bits per heavy atom. The number of ether oxygens (including phenoxy) is 1. The maximum Gasteiger partial charge on any atom is 0.0702 e. The van der Waals surface area contributed by atoms with E-state index in [9.17, 15) is 0 Å². The van der Waals surface area contributed by atoms with Crippen LogP contribution in [0.3, 0.4) is 0 Å². The fraction of sp³-hybridized carbons (Fsp3) is 1.00. The molecule has 3 nitrogen and oxygen atoms in total. The third kappa shape index (κ3) is 2.59. The SMILES string of the molecule is CC1OCCC1N(C)CC1CC2CCCCC2N1. The van der Waals surface area contributed by atoms with Gasteiger partial charge in [0.25, 0.3) is 0 Å². The Morgan fingerprint density at radius 3 is 2.78 bits per heavy atom. The van der Waals surface area contributed by atoms with Crippen molar-refractivity contribution in [3.63, 3.8) is 0 Å². The second-order valence-corrected chi connectivity index (χ2v) is 6.62. The van der Waals surface area contributed by atoms with E-state index in [4.69, 9.17) is 4.74 Å². The summed E-state index contributed by atoms with van der Waals surface area (Å²) in [6.07, 6.45) is 8.78. The number of nitrogens with one attached hydrogen (secondary N) is 1. The molecule has 1 saturated carbocycles.